The molecule has 0 aliphatic carbocycles. The Morgan fingerprint density at radius 3 is 2.67 bits per heavy atom. The van der Waals surface area contributed by atoms with Gasteiger partial charge in [-0.05, 0) is 30.0 Å². The molecule has 2 nitrogen and oxygen atoms in total. The quantitative estimate of drug-likeness (QED) is 0.673. The Bertz CT molecular complexity index is 323. The summed E-state index contributed by atoms with van der Waals surface area (Å²) in [4.78, 5) is 0. The first-order valence-corrected chi connectivity index (χ1v) is 7.00. The molecule has 0 aliphatic rings. The van der Waals surface area contributed by atoms with Crippen LogP contribution in [0.2, 0.25) is 0 Å². The van der Waals surface area contributed by atoms with Crippen LogP contribution in [-0.2, 0) is 17.9 Å². The van der Waals surface area contributed by atoms with Crippen LogP contribution in [0.25, 0.3) is 0 Å². The molecule has 0 aromatic heterocycles. The van der Waals surface area contributed by atoms with Gasteiger partial charge in [0.05, 0.1) is 6.61 Å². The molecule has 0 heterocycles. The summed E-state index contributed by atoms with van der Waals surface area (Å²) in [6.45, 7) is 7.34. The second-order valence-electron chi connectivity index (χ2n) is 5.32. The predicted octanol–water partition coefficient (Wildman–Crippen LogP) is 3.75. The fraction of sp³-hybridized carbons (Fsp3) is 0.625. The van der Waals surface area contributed by atoms with Crippen molar-refractivity contribution in [1.29, 1.82) is 0 Å². The van der Waals surface area contributed by atoms with Gasteiger partial charge in [0.25, 0.3) is 0 Å². The number of ether oxygens (including phenoxy) is 1. The first-order chi connectivity index (χ1) is 8.72. The lowest BCUT2D eigenvalue weighted by Crippen LogP contribution is -2.14. The van der Waals surface area contributed by atoms with E-state index in [9.17, 15) is 0 Å². The lowest BCUT2D eigenvalue weighted by molar-refractivity contribution is 0.185. The molecule has 0 aliphatic heterocycles. The second kappa shape index (κ2) is 9.12. The Kier molecular flexibility index (Phi) is 7.70. The largest absolute Gasteiger partial charge is 0.380 e. The van der Waals surface area contributed by atoms with Gasteiger partial charge in [0.2, 0.25) is 0 Å². The molecule has 0 amide bonds. The number of unbranched alkanes of at least 4 members (excludes halogenated alkanes) is 1. The van der Waals surface area contributed by atoms with Crippen molar-refractivity contribution in [3.05, 3.63) is 35.4 Å². The van der Waals surface area contributed by atoms with Crippen LogP contribution in [-0.4, -0.2) is 13.7 Å². The average molecular weight is 249 g/mol. The third kappa shape index (κ3) is 6.77. The van der Waals surface area contributed by atoms with Gasteiger partial charge in [-0.25, -0.2) is 0 Å². The van der Waals surface area contributed by atoms with Gasteiger partial charge in [-0.2, -0.15) is 0 Å². The fourth-order valence-corrected chi connectivity index (χ4v) is 2.03. The van der Waals surface area contributed by atoms with Crippen molar-refractivity contribution in [3.8, 4) is 0 Å². The van der Waals surface area contributed by atoms with Gasteiger partial charge in [0, 0.05) is 13.7 Å². The van der Waals surface area contributed by atoms with Crippen molar-refractivity contribution in [1.82, 2.24) is 5.32 Å². The van der Waals surface area contributed by atoms with E-state index < -0.39 is 0 Å². The van der Waals surface area contributed by atoms with Crippen molar-refractivity contribution >= 4 is 0 Å². The Morgan fingerprint density at radius 1 is 1.17 bits per heavy atom. The van der Waals surface area contributed by atoms with E-state index in [1.54, 1.807) is 7.11 Å². The molecule has 0 radical (unpaired) electrons. The molecule has 0 bridgehead atoms. The molecule has 1 aromatic rings. The minimum Gasteiger partial charge on any atom is -0.380 e. The molecule has 102 valence electrons. The SMILES string of the molecule is COCc1cccc(CNCCCCC(C)C)c1. The van der Waals surface area contributed by atoms with Crippen LogP contribution in [0.5, 0.6) is 0 Å². The summed E-state index contributed by atoms with van der Waals surface area (Å²) in [5.74, 6) is 0.829. The van der Waals surface area contributed by atoms with Crippen molar-refractivity contribution in [2.24, 2.45) is 5.92 Å². The van der Waals surface area contributed by atoms with Gasteiger partial charge < -0.3 is 10.1 Å². The Balaban J connectivity index is 2.16. The molecule has 1 rings (SSSR count). The van der Waals surface area contributed by atoms with Gasteiger partial charge >= 0.3 is 0 Å². The van der Waals surface area contributed by atoms with Crippen molar-refractivity contribution in [3.63, 3.8) is 0 Å². The predicted molar refractivity (Wildman–Crippen MR) is 77.6 cm³/mol. The minimum absolute atomic E-state index is 0.697. The monoisotopic (exact) mass is 249 g/mol. The summed E-state index contributed by atoms with van der Waals surface area (Å²) in [5, 5.41) is 3.50. The molecule has 0 saturated heterocycles. The molecular formula is C16H27NO. The number of rotatable bonds is 9. The first-order valence-electron chi connectivity index (χ1n) is 7.00. The summed E-state index contributed by atoms with van der Waals surface area (Å²) in [5.41, 5.74) is 2.59. The zero-order valence-electron chi connectivity index (χ0n) is 12.0. The standard InChI is InChI=1S/C16H27NO/c1-14(2)7-4-5-10-17-12-15-8-6-9-16(11-15)13-18-3/h6,8-9,11,14,17H,4-5,7,10,12-13H2,1-3H3. The van der Waals surface area contributed by atoms with E-state index in [0.29, 0.717) is 6.61 Å². The normalized spacial score (nSPS) is 11.1. The zero-order chi connectivity index (χ0) is 13.2. The van der Waals surface area contributed by atoms with Gasteiger partial charge in [-0.1, -0.05) is 51.0 Å². The van der Waals surface area contributed by atoms with Gasteiger partial charge in [-0.3, -0.25) is 0 Å². The van der Waals surface area contributed by atoms with Gasteiger partial charge in [0.1, 0.15) is 0 Å². The minimum atomic E-state index is 0.697. The van der Waals surface area contributed by atoms with E-state index in [4.69, 9.17) is 4.74 Å². The summed E-state index contributed by atoms with van der Waals surface area (Å²) in [6.07, 6.45) is 3.94. The van der Waals surface area contributed by atoms with E-state index in [1.807, 2.05) is 0 Å². The second-order valence-corrected chi connectivity index (χ2v) is 5.32. The average Bonchev–Trinajstić information content (AvgIpc) is 2.34. The maximum absolute atomic E-state index is 5.14. The maximum atomic E-state index is 5.14. The molecule has 0 saturated carbocycles. The van der Waals surface area contributed by atoms with Crippen LogP contribution in [0.4, 0.5) is 0 Å². The topological polar surface area (TPSA) is 21.3 Å². The third-order valence-corrected chi connectivity index (χ3v) is 3.02. The molecular weight excluding hydrogens is 222 g/mol. The highest BCUT2D eigenvalue weighted by molar-refractivity contribution is 5.22. The third-order valence-electron chi connectivity index (χ3n) is 3.02. The Labute approximate surface area is 112 Å². The molecule has 18 heavy (non-hydrogen) atoms. The molecule has 2 heteroatoms. The van der Waals surface area contributed by atoms with E-state index in [1.165, 1.54) is 30.4 Å². The number of benzene rings is 1. The molecule has 0 unspecified atom stereocenters. The van der Waals surface area contributed by atoms with Gasteiger partial charge in [0.15, 0.2) is 0 Å². The van der Waals surface area contributed by atoms with Crippen LogP contribution in [0, 0.1) is 5.92 Å². The first kappa shape index (κ1) is 15.2. The van der Waals surface area contributed by atoms with Crippen molar-refractivity contribution < 1.29 is 4.74 Å². The Morgan fingerprint density at radius 2 is 1.94 bits per heavy atom. The number of nitrogens with one attached hydrogen (secondary N) is 1. The van der Waals surface area contributed by atoms with E-state index >= 15 is 0 Å². The summed E-state index contributed by atoms with van der Waals surface area (Å²) < 4.78 is 5.14. The lowest BCUT2D eigenvalue weighted by atomic mass is 10.1. The molecule has 0 atom stereocenters. The lowest BCUT2D eigenvalue weighted by Gasteiger charge is -2.08. The molecule has 1 N–H and O–H groups in total. The summed E-state index contributed by atoms with van der Waals surface area (Å²) in [7, 11) is 1.74. The number of hydrogen-bond acceptors (Lipinski definition) is 2. The van der Waals surface area contributed by atoms with Crippen molar-refractivity contribution in [2.45, 2.75) is 46.3 Å². The van der Waals surface area contributed by atoms with E-state index in [2.05, 4.69) is 43.4 Å². The summed E-state index contributed by atoms with van der Waals surface area (Å²) in [6, 6.07) is 8.59. The van der Waals surface area contributed by atoms with Crippen LogP contribution < -0.4 is 5.32 Å². The van der Waals surface area contributed by atoms with E-state index in [-0.39, 0.29) is 0 Å². The van der Waals surface area contributed by atoms with Crippen LogP contribution >= 0.6 is 0 Å². The molecule has 0 fully saturated rings. The van der Waals surface area contributed by atoms with Gasteiger partial charge in [-0.15, -0.1) is 0 Å². The smallest absolute Gasteiger partial charge is 0.0713 e. The molecule has 1 aromatic carbocycles. The summed E-state index contributed by atoms with van der Waals surface area (Å²) >= 11 is 0. The zero-order valence-corrected chi connectivity index (χ0v) is 12.0. The van der Waals surface area contributed by atoms with Crippen LogP contribution in [0.1, 0.15) is 44.2 Å². The highest BCUT2D eigenvalue weighted by atomic mass is 16.5. The fourth-order valence-electron chi connectivity index (χ4n) is 2.03. The Hall–Kier alpha value is -0.860. The number of hydrogen-bond donors (Lipinski definition) is 1. The maximum Gasteiger partial charge on any atom is 0.0713 e. The highest BCUT2D eigenvalue weighted by Gasteiger charge is 1.97. The number of methoxy groups -OCH3 is 1. The molecule has 0 spiro atoms. The highest BCUT2D eigenvalue weighted by Crippen LogP contribution is 2.07. The van der Waals surface area contributed by atoms with Crippen LogP contribution in [0.3, 0.4) is 0 Å². The van der Waals surface area contributed by atoms with Crippen LogP contribution in [0.15, 0.2) is 24.3 Å². The van der Waals surface area contributed by atoms with E-state index in [0.717, 1.165) is 19.0 Å². The van der Waals surface area contributed by atoms with Crippen molar-refractivity contribution in [2.75, 3.05) is 13.7 Å².